The Balaban J connectivity index is 2.23. The maximum atomic E-state index is 12.0. The Morgan fingerprint density at radius 2 is 2.14 bits per heavy atom. The predicted molar refractivity (Wildman–Crippen MR) is 50.2 cm³/mol. The molecule has 0 amide bonds. The SMILES string of the molecule is NCC1CCCC1NCC(O)C(F)F. The average molecular weight is 208 g/mol. The third-order valence-electron chi connectivity index (χ3n) is 2.84. The largest absolute Gasteiger partial charge is 0.386 e. The summed E-state index contributed by atoms with van der Waals surface area (Å²) >= 11 is 0. The second-order valence-electron chi connectivity index (χ2n) is 3.84. The summed E-state index contributed by atoms with van der Waals surface area (Å²) in [4.78, 5) is 0. The molecule has 0 spiro atoms. The number of nitrogens with two attached hydrogens (primary N) is 1. The van der Waals surface area contributed by atoms with E-state index >= 15 is 0 Å². The van der Waals surface area contributed by atoms with E-state index in [1.54, 1.807) is 0 Å². The van der Waals surface area contributed by atoms with Crippen LogP contribution in [0.15, 0.2) is 0 Å². The van der Waals surface area contributed by atoms with Crippen LogP contribution in [0.25, 0.3) is 0 Å². The van der Waals surface area contributed by atoms with E-state index in [4.69, 9.17) is 10.8 Å². The number of hydrogen-bond acceptors (Lipinski definition) is 3. The summed E-state index contributed by atoms with van der Waals surface area (Å²) in [7, 11) is 0. The van der Waals surface area contributed by atoms with Gasteiger partial charge in [0.15, 0.2) is 0 Å². The molecule has 84 valence electrons. The van der Waals surface area contributed by atoms with Gasteiger partial charge in [0.1, 0.15) is 6.10 Å². The quantitative estimate of drug-likeness (QED) is 0.610. The van der Waals surface area contributed by atoms with Crippen LogP contribution in [0.2, 0.25) is 0 Å². The normalized spacial score (nSPS) is 29.8. The van der Waals surface area contributed by atoms with E-state index in [0.29, 0.717) is 12.5 Å². The molecule has 0 aromatic heterocycles. The lowest BCUT2D eigenvalue weighted by molar-refractivity contribution is -0.00513. The Labute approximate surface area is 82.7 Å². The Kier molecular flexibility index (Phi) is 4.71. The topological polar surface area (TPSA) is 58.3 Å². The lowest BCUT2D eigenvalue weighted by Crippen LogP contribution is -2.42. The van der Waals surface area contributed by atoms with Crippen molar-refractivity contribution in [2.75, 3.05) is 13.1 Å². The molecule has 0 aromatic rings. The Morgan fingerprint density at radius 1 is 1.43 bits per heavy atom. The molecule has 1 aliphatic carbocycles. The zero-order valence-electron chi connectivity index (χ0n) is 8.13. The summed E-state index contributed by atoms with van der Waals surface area (Å²) < 4.78 is 23.9. The number of nitrogens with one attached hydrogen (secondary N) is 1. The summed E-state index contributed by atoms with van der Waals surface area (Å²) in [6, 6.07) is 0.202. The zero-order chi connectivity index (χ0) is 10.6. The third-order valence-corrected chi connectivity index (χ3v) is 2.84. The van der Waals surface area contributed by atoms with Gasteiger partial charge >= 0.3 is 0 Å². The van der Waals surface area contributed by atoms with Crippen molar-refractivity contribution in [1.82, 2.24) is 5.32 Å². The van der Waals surface area contributed by atoms with Crippen LogP contribution in [0.4, 0.5) is 8.78 Å². The number of aliphatic hydroxyl groups excluding tert-OH is 1. The highest BCUT2D eigenvalue weighted by Crippen LogP contribution is 2.24. The fourth-order valence-corrected chi connectivity index (χ4v) is 1.95. The molecule has 14 heavy (non-hydrogen) atoms. The Bertz CT molecular complexity index is 169. The highest BCUT2D eigenvalue weighted by atomic mass is 19.3. The van der Waals surface area contributed by atoms with Gasteiger partial charge in [-0.1, -0.05) is 6.42 Å². The fourth-order valence-electron chi connectivity index (χ4n) is 1.95. The van der Waals surface area contributed by atoms with Crippen molar-refractivity contribution >= 4 is 0 Å². The summed E-state index contributed by atoms with van der Waals surface area (Å²) in [5.41, 5.74) is 5.54. The standard InChI is InChI=1S/C9H18F2N2O/c10-9(11)8(14)5-13-7-3-1-2-6(7)4-12/h6-9,13-14H,1-5,12H2. The molecule has 5 heteroatoms. The number of alkyl halides is 2. The minimum Gasteiger partial charge on any atom is -0.386 e. The predicted octanol–water partition coefficient (Wildman–Crippen LogP) is 0.329. The van der Waals surface area contributed by atoms with Crippen molar-refractivity contribution in [3.05, 3.63) is 0 Å². The second-order valence-corrected chi connectivity index (χ2v) is 3.84. The highest BCUT2D eigenvalue weighted by molar-refractivity contribution is 4.84. The first-order valence-electron chi connectivity index (χ1n) is 5.04. The molecule has 3 atom stereocenters. The maximum Gasteiger partial charge on any atom is 0.265 e. The molecule has 0 aliphatic heterocycles. The second kappa shape index (κ2) is 5.58. The van der Waals surface area contributed by atoms with Crippen molar-refractivity contribution in [3.8, 4) is 0 Å². The van der Waals surface area contributed by atoms with E-state index in [1.807, 2.05) is 0 Å². The van der Waals surface area contributed by atoms with E-state index in [-0.39, 0.29) is 12.6 Å². The van der Waals surface area contributed by atoms with Crippen molar-refractivity contribution < 1.29 is 13.9 Å². The molecule has 1 aliphatic rings. The molecule has 1 rings (SSSR count). The Morgan fingerprint density at radius 3 is 2.71 bits per heavy atom. The molecule has 1 saturated carbocycles. The minimum atomic E-state index is -2.67. The molecule has 3 nitrogen and oxygen atoms in total. The molecule has 0 radical (unpaired) electrons. The fraction of sp³-hybridized carbons (Fsp3) is 1.00. The van der Waals surface area contributed by atoms with Gasteiger partial charge in [0.25, 0.3) is 6.43 Å². The van der Waals surface area contributed by atoms with Crippen LogP contribution in [0.1, 0.15) is 19.3 Å². The lowest BCUT2D eigenvalue weighted by Gasteiger charge is -2.21. The van der Waals surface area contributed by atoms with Crippen molar-refractivity contribution in [1.29, 1.82) is 0 Å². The van der Waals surface area contributed by atoms with Crippen LogP contribution in [0.5, 0.6) is 0 Å². The molecule has 0 saturated heterocycles. The van der Waals surface area contributed by atoms with Crippen LogP contribution in [0.3, 0.4) is 0 Å². The van der Waals surface area contributed by atoms with Gasteiger partial charge in [0, 0.05) is 12.6 Å². The number of hydrogen-bond donors (Lipinski definition) is 3. The molecule has 0 bridgehead atoms. The van der Waals surface area contributed by atoms with E-state index < -0.39 is 12.5 Å². The lowest BCUT2D eigenvalue weighted by atomic mass is 10.0. The van der Waals surface area contributed by atoms with Gasteiger partial charge in [-0.05, 0) is 25.3 Å². The van der Waals surface area contributed by atoms with E-state index in [0.717, 1.165) is 19.3 Å². The van der Waals surface area contributed by atoms with Crippen molar-refractivity contribution in [2.24, 2.45) is 11.7 Å². The van der Waals surface area contributed by atoms with Gasteiger partial charge in [-0.15, -0.1) is 0 Å². The molecule has 4 N–H and O–H groups in total. The number of aliphatic hydroxyl groups is 1. The average Bonchev–Trinajstić information content (AvgIpc) is 2.60. The van der Waals surface area contributed by atoms with Gasteiger partial charge in [0.2, 0.25) is 0 Å². The summed E-state index contributed by atoms with van der Waals surface area (Å²) in [5.74, 6) is 0.375. The van der Waals surface area contributed by atoms with Crippen LogP contribution < -0.4 is 11.1 Å². The van der Waals surface area contributed by atoms with Crippen LogP contribution in [0, 0.1) is 5.92 Å². The van der Waals surface area contributed by atoms with E-state index in [2.05, 4.69) is 5.32 Å². The third kappa shape index (κ3) is 3.15. The van der Waals surface area contributed by atoms with Crippen molar-refractivity contribution in [2.45, 2.75) is 37.8 Å². The van der Waals surface area contributed by atoms with Crippen LogP contribution >= 0.6 is 0 Å². The first-order chi connectivity index (χ1) is 6.65. The van der Waals surface area contributed by atoms with Gasteiger partial charge in [-0.3, -0.25) is 0 Å². The summed E-state index contributed by atoms with van der Waals surface area (Å²) in [6.07, 6.45) is -1.12. The van der Waals surface area contributed by atoms with Gasteiger partial charge in [0.05, 0.1) is 0 Å². The number of halogens is 2. The summed E-state index contributed by atoms with van der Waals surface area (Å²) in [5, 5.41) is 11.9. The van der Waals surface area contributed by atoms with Crippen molar-refractivity contribution in [3.63, 3.8) is 0 Å². The molecule has 0 heterocycles. The molecular formula is C9H18F2N2O. The summed E-state index contributed by atoms with van der Waals surface area (Å²) in [6.45, 7) is 0.543. The number of rotatable bonds is 5. The van der Waals surface area contributed by atoms with Gasteiger partial charge < -0.3 is 16.2 Å². The first-order valence-corrected chi connectivity index (χ1v) is 5.04. The zero-order valence-corrected chi connectivity index (χ0v) is 8.13. The molecule has 1 fully saturated rings. The first kappa shape index (κ1) is 11.8. The van der Waals surface area contributed by atoms with Crippen LogP contribution in [-0.4, -0.2) is 36.8 Å². The molecular weight excluding hydrogens is 190 g/mol. The van der Waals surface area contributed by atoms with Gasteiger partial charge in [-0.25, -0.2) is 8.78 Å². The molecule has 0 aromatic carbocycles. The van der Waals surface area contributed by atoms with E-state index in [1.165, 1.54) is 0 Å². The van der Waals surface area contributed by atoms with Crippen LogP contribution in [-0.2, 0) is 0 Å². The Hall–Kier alpha value is -0.260. The maximum absolute atomic E-state index is 12.0. The molecule has 3 unspecified atom stereocenters. The highest BCUT2D eigenvalue weighted by Gasteiger charge is 2.27. The van der Waals surface area contributed by atoms with E-state index in [9.17, 15) is 8.78 Å². The monoisotopic (exact) mass is 208 g/mol. The van der Waals surface area contributed by atoms with Gasteiger partial charge in [-0.2, -0.15) is 0 Å². The minimum absolute atomic E-state index is 0.0428. The smallest absolute Gasteiger partial charge is 0.265 e.